The number of amides is 2. The minimum atomic E-state index is -1.34. The Morgan fingerprint density at radius 2 is 2.05 bits per heavy atom. The average Bonchev–Trinajstić information content (AvgIpc) is 2.29. The second-order valence-electron chi connectivity index (χ2n) is 4.55. The quantitative estimate of drug-likeness (QED) is 0.881. The minimum absolute atomic E-state index is 0.223. The second kappa shape index (κ2) is 5.69. The van der Waals surface area contributed by atoms with Crippen LogP contribution < -0.4 is 5.32 Å². The summed E-state index contributed by atoms with van der Waals surface area (Å²) >= 11 is 0. The lowest BCUT2D eigenvalue weighted by Crippen LogP contribution is -2.54. The summed E-state index contributed by atoms with van der Waals surface area (Å²) < 4.78 is 13.0. The Labute approximate surface area is 111 Å². The van der Waals surface area contributed by atoms with Crippen molar-refractivity contribution in [2.45, 2.75) is 26.3 Å². The Kier molecular flexibility index (Phi) is 4.47. The summed E-state index contributed by atoms with van der Waals surface area (Å²) in [5, 5.41) is 11.6. The summed E-state index contributed by atoms with van der Waals surface area (Å²) in [4.78, 5) is 24.4. The SMILES string of the molecule is CCN(C(=O)Nc1cccc(F)c1)C(C)(C)C(=O)O. The Hall–Kier alpha value is -2.11. The van der Waals surface area contributed by atoms with E-state index in [2.05, 4.69) is 5.32 Å². The van der Waals surface area contributed by atoms with Gasteiger partial charge in [-0.2, -0.15) is 0 Å². The normalized spacial score (nSPS) is 10.9. The standard InChI is InChI=1S/C13H17FN2O3/c1-4-16(13(2,3)11(17)18)12(19)15-10-7-5-6-9(14)8-10/h5-8H,4H2,1-3H3,(H,15,19)(H,17,18). The third kappa shape index (κ3) is 3.43. The number of anilines is 1. The van der Waals surface area contributed by atoms with Crippen LogP contribution in [0.15, 0.2) is 24.3 Å². The molecule has 6 heteroatoms. The van der Waals surface area contributed by atoms with Gasteiger partial charge in [0.15, 0.2) is 0 Å². The maximum atomic E-state index is 13.0. The molecule has 1 rings (SSSR count). The van der Waals surface area contributed by atoms with Gasteiger partial charge >= 0.3 is 12.0 Å². The number of carbonyl (C=O) groups excluding carboxylic acids is 1. The van der Waals surface area contributed by atoms with Crippen LogP contribution in [0, 0.1) is 5.82 Å². The van der Waals surface area contributed by atoms with Crippen LogP contribution in [0.2, 0.25) is 0 Å². The third-order valence-electron chi connectivity index (χ3n) is 2.84. The lowest BCUT2D eigenvalue weighted by atomic mass is 10.0. The fourth-order valence-corrected chi connectivity index (χ4v) is 1.67. The van der Waals surface area contributed by atoms with Crippen molar-refractivity contribution in [3.63, 3.8) is 0 Å². The number of nitrogens with zero attached hydrogens (tertiary/aromatic N) is 1. The molecule has 0 aliphatic carbocycles. The molecule has 0 heterocycles. The zero-order chi connectivity index (χ0) is 14.6. The van der Waals surface area contributed by atoms with E-state index >= 15 is 0 Å². The van der Waals surface area contributed by atoms with Gasteiger partial charge < -0.3 is 15.3 Å². The first-order chi connectivity index (χ1) is 8.78. The summed E-state index contributed by atoms with van der Waals surface area (Å²) in [5.41, 5.74) is -1.06. The number of halogens is 1. The molecular weight excluding hydrogens is 251 g/mol. The van der Waals surface area contributed by atoms with E-state index in [9.17, 15) is 14.0 Å². The fourth-order valence-electron chi connectivity index (χ4n) is 1.67. The van der Waals surface area contributed by atoms with Crippen LogP contribution in [0.5, 0.6) is 0 Å². The predicted octanol–water partition coefficient (Wildman–Crippen LogP) is 2.54. The molecule has 1 aromatic rings. The molecule has 0 aromatic heterocycles. The average molecular weight is 268 g/mol. The second-order valence-corrected chi connectivity index (χ2v) is 4.55. The highest BCUT2D eigenvalue weighted by Gasteiger charge is 2.36. The molecule has 2 N–H and O–H groups in total. The molecule has 0 saturated heterocycles. The van der Waals surface area contributed by atoms with Gasteiger partial charge in [-0.15, -0.1) is 0 Å². The number of rotatable bonds is 4. The van der Waals surface area contributed by atoms with Crippen molar-refractivity contribution in [1.82, 2.24) is 4.90 Å². The van der Waals surface area contributed by atoms with Crippen LogP contribution in [0.3, 0.4) is 0 Å². The number of hydrogen-bond donors (Lipinski definition) is 2. The summed E-state index contributed by atoms with van der Waals surface area (Å²) in [6.45, 7) is 4.77. The van der Waals surface area contributed by atoms with E-state index in [1.807, 2.05) is 0 Å². The summed E-state index contributed by atoms with van der Waals surface area (Å²) in [6, 6.07) is 4.83. The third-order valence-corrected chi connectivity index (χ3v) is 2.84. The molecule has 1 aromatic carbocycles. The lowest BCUT2D eigenvalue weighted by Gasteiger charge is -2.34. The highest BCUT2D eigenvalue weighted by Crippen LogP contribution is 2.17. The monoisotopic (exact) mass is 268 g/mol. The summed E-state index contributed by atoms with van der Waals surface area (Å²) in [6.07, 6.45) is 0. The number of hydrogen-bond acceptors (Lipinski definition) is 2. The van der Waals surface area contributed by atoms with E-state index in [1.54, 1.807) is 6.92 Å². The van der Waals surface area contributed by atoms with Crippen molar-refractivity contribution in [3.05, 3.63) is 30.1 Å². The van der Waals surface area contributed by atoms with Crippen molar-refractivity contribution in [2.24, 2.45) is 0 Å². The molecule has 0 saturated carbocycles. The molecule has 2 amide bonds. The Morgan fingerprint density at radius 3 is 2.53 bits per heavy atom. The number of carboxylic acids is 1. The van der Waals surface area contributed by atoms with Gasteiger partial charge in [0.05, 0.1) is 0 Å². The van der Waals surface area contributed by atoms with E-state index in [4.69, 9.17) is 5.11 Å². The van der Waals surface area contributed by atoms with E-state index in [-0.39, 0.29) is 12.2 Å². The number of likely N-dealkylation sites (N-methyl/N-ethyl adjacent to an activating group) is 1. The van der Waals surface area contributed by atoms with Gasteiger partial charge in [0.25, 0.3) is 0 Å². The van der Waals surface area contributed by atoms with Crippen molar-refractivity contribution >= 4 is 17.7 Å². The van der Waals surface area contributed by atoms with Crippen LogP contribution >= 0.6 is 0 Å². The molecule has 0 atom stereocenters. The number of carbonyl (C=O) groups is 2. The predicted molar refractivity (Wildman–Crippen MR) is 69.5 cm³/mol. The Morgan fingerprint density at radius 1 is 1.42 bits per heavy atom. The molecule has 19 heavy (non-hydrogen) atoms. The van der Waals surface area contributed by atoms with E-state index < -0.39 is 23.4 Å². The van der Waals surface area contributed by atoms with Crippen LogP contribution in [0.25, 0.3) is 0 Å². The van der Waals surface area contributed by atoms with Crippen molar-refractivity contribution in [2.75, 3.05) is 11.9 Å². The zero-order valence-electron chi connectivity index (χ0n) is 11.1. The van der Waals surface area contributed by atoms with Gasteiger partial charge in [0.1, 0.15) is 11.4 Å². The van der Waals surface area contributed by atoms with Gasteiger partial charge in [0.2, 0.25) is 0 Å². The van der Waals surface area contributed by atoms with Gasteiger partial charge in [-0.25, -0.2) is 14.0 Å². The highest BCUT2D eigenvalue weighted by atomic mass is 19.1. The molecule has 0 aliphatic heterocycles. The maximum absolute atomic E-state index is 13.0. The molecule has 0 bridgehead atoms. The first kappa shape index (κ1) is 14.9. The minimum Gasteiger partial charge on any atom is -0.480 e. The first-order valence-corrected chi connectivity index (χ1v) is 5.86. The van der Waals surface area contributed by atoms with Gasteiger partial charge in [-0.05, 0) is 39.0 Å². The number of nitrogens with one attached hydrogen (secondary N) is 1. The maximum Gasteiger partial charge on any atom is 0.329 e. The molecule has 104 valence electrons. The van der Waals surface area contributed by atoms with E-state index in [0.717, 1.165) is 0 Å². The summed E-state index contributed by atoms with van der Waals surface area (Å²) in [7, 11) is 0. The fraction of sp³-hybridized carbons (Fsp3) is 0.385. The Balaban J connectivity index is 2.89. The van der Waals surface area contributed by atoms with Crippen LogP contribution in [-0.2, 0) is 4.79 Å². The summed E-state index contributed by atoms with van der Waals surface area (Å²) in [5.74, 6) is -1.58. The smallest absolute Gasteiger partial charge is 0.329 e. The van der Waals surface area contributed by atoms with Gasteiger partial charge in [-0.3, -0.25) is 0 Å². The Bertz CT molecular complexity index is 489. The topological polar surface area (TPSA) is 69.6 Å². The highest BCUT2D eigenvalue weighted by molar-refractivity contribution is 5.93. The van der Waals surface area contributed by atoms with E-state index in [0.29, 0.717) is 0 Å². The van der Waals surface area contributed by atoms with Gasteiger partial charge in [0, 0.05) is 12.2 Å². The molecule has 0 aliphatic rings. The molecule has 0 radical (unpaired) electrons. The molecule has 0 fully saturated rings. The van der Waals surface area contributed by atoms with Crippen LogP contribution in [0.1, 0.15) is 20.8 Å². The molecule has 0 spiro atoms. The first-order valence-electron chi connectivity index (χ1n) is 5.86. The van der Waals surface area contributed by atoms with E-state index in [1.165, 1.54) is 43.0 Å². The van der Waals surface area contributed by atoms with Crippen molar-refractivity contribution in [1.29, 1.82) is 0 Å². The molecular formula is C13H17FN2O3. The van der Waals surface area contributed by atoms with Crippen LogP contribution in [-0.4, -0.2) is 34.1 Å². The largest absolute Gasteiger partial charge is 0.480 e. The number of benzene rings is 1. The molecule has 0 unspecified atom stereocenters. The molecule has 5 nitrogen and oxygen atoms in total. The number of aliphatic carboxylic acids is 1. The lowest BCUT2D eigenvalue weighted by molar-refractivity contribution is -0.147. The zero-order valence-corrected chi connectivity index (χ0v) is 11.1. The van der Waals surface area contributed by atoms with Crippen molar-refractivity contribution < 1.29 is 19.1 Å². The number of carboxylic acid groups (broad SMARTS) is 1. The number of urea groups is 1. The van der Waals surface area contributed by atoms with Gasteiger partial charge in [-0.1, -0.05) is 6.07 Å². The van der Waals surface area contributed by atoms with Crippen molar-refractivity contribution in [3.8, 4) is 0 Å². The van der Waals surface area contributed by atoms with Crippen LogP contribution in [0.4, 0.5) is 14.9 Å².